The summed E-state index contributed by atoms with van der Waals surface area (Å²) in [5, 5.41) is 0. The van der Waals surface area contributed by atoms with Crippen molar-refractivity contribution in [1.29, 1.82) is 0 Å². The van der Waals surface area contributed by atoms with Crippen molar-refractivity contribution in [3.05, 3.63) is 53.8 Å². The third-order valence-electron chi connectivity index (χ3n) is 5.34. The predicted molar refractivity (Wildman–Crippen MR) is 117 cm³/mol. The van der Waals surface area contributed by atoms with Gasteiger partial charge in [-0.3, -0.25) is 4.79 Å². The summed E-state index contributed by atoms with van der Waals surface area (Å²) >= 11 is 0. The molecule has 1 heterocycles. The Hall–Kier alpha value is -2.65. The van der Waals surface area contributed by atoms with Gasteiger partial charge in [-0.25, -0.2) is 12.8 Å². The van der Waals surface area contributed by atoms with Crippen molar-refractivity contribution in [3.63, 3.8) is 0 Å². The number of ether oxygens (including phenoxy) is 1. The number of hydrogen-bond acceptors (Lipinski definition) is 5. The Labute approximate surface area is 183 Å². The largest absolute Gasteiger partial charge is 0.494 e. The molecule has 7 nitrogen and oxygen atoms in total. The maximum absolute atomic E-state index is 13.1. The van der Waals surface area contributed by atoms with E-state index in [2.05, 4.69) is 4.90 Å². The Balaban J connectivity index is 1.60. The normalized spacial score (nSPS) is 14.7. The molecule has 0 atom stereocenters. The molecular formula is C22H28FN3O4S. The second-order valence-corrected chi connectivity index (χ2v) is 9.51. The number of rotatable bonds is 7. The molecule has 31 heavy (non-hydrogen) atoms. The van der Waals surface area contributed by atoms with Crippen LogP contribution in [0.2, 0.25) is 0 Å². The number of likely N-dealkylation sites (N-methyl/N-ethyl adjacent to an activating group) is 1. The van der Waals surface area contributed by atoms with Crippen molar-refractivity contribution in [3.8, 4) is 5.75 Å². The molecular weight excluding hydrogens is 421 g/mol. The first-order valence-corrected chi connectivity index (χ1v) is 11.6. The summed E-state index contributed by atoms with van der Waals surface area (Å²) in [6.45, 7) is 6.08. The van der Waals surface area contributed by atoms with E-state index in [9.17, 15) is 17.6 Å². The van der Waals surface area contributed by atoms with E-state index in [1.165, 1.54) is 25.2 Å². The number of sulfonamides is 1. The van der Waals surface area contributed by atoms with Crippen molar-refractivity contribution in [2.24, 2.45) is 0 Å². The summed E-state index contributed by atoms with van der Waals surface area (Å²) in [6.07, 6.45) is 0. The van der Waals surface area contributed by atoms with Gasteiger partial charge in [-0.05, 0) is 61.9 Å². The first kappa shape index (κ1) is 23.0. The van der Waals surface area contributed by atoms with Crippen molar-refractivity contribution >= 4 is 21.6 Å². The first-order valence-electron chi connectivity index (χ1n) is 10.2. The van der Waals surface area contributed by atoms with Gasteiger partial charge in [0.1, 0.15) is 11.6 Å². The number of nitrogens with zero attached hydrogens (tertiary/aromatic N) is 3. The lowest BCUT2D eigenvalue weighted by atomic mass is 10.2. The zero-order valence-corrected chi connectivity index (χ0v) is 18.9. The number of carbonyl (C=O) groups is 1. The minimum absolute atomic E-state index is 0.130. The summed E-state index contributed by atoms with van der Waals surface area (Å²) in [4.78, 5) is 16.6. The van der Waals surface area contributed by atoms with Crippen LogP contribution in [-0.4, -0.2) is 69.9 Å². The molecule has 2 aromatic rings. The van der Waals surface area contributed by atoms with Crippen LogP contribution in [0.15, 0.2) is 47.4 Å². The Bertz CT molecular complexity index is 1020. The Morgan fingerprint density at radius 1 is 1.10 bits per heavy atom. The van der Waals surface area contributed by atoms with Crippen molar-refractivity contribution < 1.29 is 22.3 Å². The number of aryl methyl sites for hydroxylation is 1. The highest BCUT2D eigenvalue weighted by Gasteiger charge is 2.27. The van der Waals surface area contributed by atoms with Gasteiger partial charge in [0.15, 0.2) is 0 Å². The molecule has 0 spiro atoms. The maximum Gasteiger partial charge on any atom is 0.243 e. The number of amides is 1. The van der Waals surface area contributed by atoms with E-state index in [1.54, 1.807) is 36.1 Å². The minimum Gasteiger partial charge on any atom is -0.494 e. The highest BCUT2D eigenvalue weighted by atomic mass is 32.2. The Kier molecular flexibility index (Phi) is 7.17. The van der Waals surface area contributed by atoms with Gasteiger partial charge in [-0.15, -0.1) is 0 Å². The minimum atomic E-state index is -3.80. The van der Waals surface area contributed by atoms with Crippen LogP contribution in [0, 0.1) is 12.7 Å². The SMILES string of the molecule is CCOc1ccc(S(=O)(=O)N(C)CC(=O)N2CCN(c3ccc(F)cc3)CC2)cc1C. The zero-order chi connectivity index (χ0) is 22.6. The molecule has 168 valence electrons. The average molecular weight is 450 g/mol. The zero-order valence-electron chi connectivity index (χ0n) is 18.0. The number of piperazine rings is 1. The lowest BCUT2D eigenvalue weighted by molar-refractivity contribution is -0.131. The highest BCUT2D eigenvalue weighted by Crippen LogP contribution is 2.24. The van der Waals surface area contributed by atoms with Crippen LogP contribution < -0.4 is 9.64 Å². The monoisotopic (exact) mass is 449 g/mol. The van der Waals surface area contributed by atoms with E-state index in [-0.39, 0.29) is 23.2 Å². The quantitative estimate of drug-likeness (QED) is 0.650. The van der Waals surface area contributed by atoms with Gasteiger partial charge < -0.3 is 14.5 Å². The molecule has 0 aromatic heterocycles. The second kappa shape index (κ2) is 9.65. The Morgan fingerprint density at radius 2 is 1.74 bits per heavy atom. The highest BCUT2D eigenvalue weighted by molar-refractivity contribution is 7.89. The van der Waals surface area contributed by atoms with E-state index in [0.717, 1.165) is 15.6 Å². The molecule has 0 bridgehead atoms. The number of benzene rings is 2. The third-order valence-corrected chi connectivity index (χ3v) is 7.14. The molecule has 1 saturated heterocycles. The topological polar surface area (TPSA) is 70.2 Å². The fraction of sp³-hybridized carbons (Fsp3) is 0.409. The third kappa shape index (κ3) is 5.34. The van der Waals surface area contributed by atoms with Crippen LogP contribution in [0.25, 0.3) is 0 Å². The molecule has 1 aliphatic rings. The summed E-state index contributed by atoms with van der Waals surface area (Å²) < 4.78 is 45.5. The number of anilines is 1. The van der Waals surface area contributed by atoms with Crippen LogP contribution in [-0.2, 0) is 14.8 Å². The van der Waals surface area contributed by atoms with Gasteiger partial charge in [0.05, 0.1) is 18.0 Å². The molecule has 1 aliphatic heterocycles. The molecule has 0 N–H and O–H groups in total. The molecule has 1 amide bonds. The average Bonchev–Trinajstić information content (AvgIpc) is 2.75. The molecule has 1 fully saturated rings. The fourth-order valence-electron chi connectivity index (χ4n) is 3.52. The van der Waals surface area contributed by atoms with Gasteiger partial charge in [0.2, 0.25) is 15.9 Å². The molecule has 9 heteroatoms. The molecule has 0 unspecified atom stereocenters. The van der Waals surface area contributed by atoms with Crippen LogP contribution in [0.5, 0.6) is 5.75 Å². The lowest BCUT2D eigenvalue weighted by Crippen LogP contribution is -2.51. The molecule has 0 radical (unpaired) electrons. The molecule has 0 aliphatic carbocycles. The van der Waals surface area contributed by atoms with E-state index in [4.69, 9.17) is 4.74 Å². The van der Waals surface area contributed by atoms with Gasteiger partial charge >= 0.3 is 0 Å². The van der Waals surface area contributed by atoms with Crippen molar-refractivity contribution in [1.82, 2.24) is 9.21 Å². The van der Waals surface area contributed by atoms with E-state index < -0.39 is 10.0 Å². The van der Waals surface area contributed by atoms with Crippen LogP contribution in [0.4, 0.5) is 10.1 Å². The first-order chi connectivity index (χ1) is 14.7. The number of hydrogen-bond donors (Lipinski definition) is 0. The predicted octanol–water partition coefficient (Wildman–Crippen LogP) is 2.50. The summed E-state index contributed by atoms with van der Waals surface area (Å²) in [5.41, 5.74) is 1.62. The molecule has 0 saturated carbocycles. The molecule has 3 rings (SSSR count). The Morgan fingerprint density at radius 3 is 2.32 bits per heavy atom. The van der Waals surface area contributed by atoms with Gasteiger partial charge in [-0.1, -0.05) is 0 Å². The van der Waals surface area contributed by atoms with E-state index in [0.29, 0.717) is 38.5 Å². The van der Waals surface area contributed by atoms with Crippen LogP contribution >= 0.6 is 0 Å². The van der Waals surface area contributed by atoms with Gasteiger partial charge in [0.25, 0.3) is 0 Å². The number of carbonyl (C=O) groups excluding carboxylic acids is 1. The number of halogens is 1. The van der Waals surface area contributed by atoms with Crippen molar-refractivity contribution in [2.75, 3.05) is 51.3 Å². The second-order valence-electron chi connectivity index (χ2n) is 7.47. The van der Waals surface area contributed by atoms with E-state index in [1.807, 2.05) is 6.92 Å². The van der Waals surface area contributed by atoms with Crippen molar-refractivity contribution in [2.45, 2.75) is 18.7 Å². The summed E-state index contributed by atoms with van der Waals surface area (Å²) in [6, 6.07) is 10.9. The van der Waals surface area contributed by atoms with Crippen LogP contribution in [0.3, 0.4) is 0 Å². The van der Waals surface area contributed by atoms with Gasteiger partial charge in [0, 0.05) is 38.9 Å². The lowest BCUT2D eigenvalue weighted by Gasteiger charge is -2.36. The smallest absolute Gasteiger partial charge is 0.243 e. The fourth-order valence-corrected chi connectivity index (χ4v) is 4.73. The maximum atomic E-state index is 13.1. The summed E-state index contributed by atoms with van der Waals surface area (Å²) in [7, 11) is -2.39. The van der Waals surface area contributed by atoms with E-state index >= 15 is 0 Å². The van der Waals surface area contributed by atoms with Gasteiger partial charge in [-0.2, -0.15) is 4.31 Å². The standard InChI is InChI=1S/C22H28FN3O4S/c1-4-30-21-10-9-20(15-17(21)2)31(28,29)24(3)16-22(27)26-13-11-25(12-14-26)19-7-5-18(23)6-8-19/h5-10,15H,4,11-14,16H2,1-3H3. The van der Waals surface area contributed by atoms with Crippen LogP contribution in [0.1, 0.15) is 12.5 Å². The summed E-state index contributed by atoms with van der Waals surface area (Å²) in [5.74, 6) is 0.108. The molecule has 2 aromatic carbocycles.